The number of para-hydroxylation sites is 1. The molecule has 0 spiro atoms. The number of benzene rings is 1. The third-order valence-corrected chi connectivity index (χ3v) is 2.06. The normalized spacial score (nSPS) is 9.29. The SMILES string of the molecule is COc1c(C)cccc1CCN=C=O. The number of methoxy groups -OCH3 is 1. The van der Waals surface area contributed by atoms with E-state index in [4.69, 9.17) is 4.74 Å². The molecule has 0 amide bonds. The van der Waals surface area contributed by atoms with Crippen LogP contribution in [0.3, 0.4) is 0 Å². The third-order valence-electron chi connectivity index (χ3n) is 2.06. The van der Waals surface area contributed by atoms with Gasteiger partial charge in [-0.25, -0.2) is 9.79 Å². The molecular weight excluding hydrogens is 178 g/mol. The van der Waals surface area contributed by atoms with Crippen LogP contribution in [-0.2, 0) is 11.2 Å². The zero-order valence-electron chi connectivity index (χ0n) is 8.41. The van der Waals surface area contributed by atoms with Crippen LogP contribution in [0.5, 0.6) is 5.75 Å². The summed E-state index contributed by atoms with van der Waals surface area (Å²) in [6.07, 6.45) is 2.23. The van der Waals surface area contributed by atoms with E-state index in [1.54, 1.807) is 7.11 Å². The van der Waals surface area contributed by atoms with Gasteiger partial charge in [0.1, 0.15) is 5.75 Å². The van der Waals surface area contributed by atoms with Gasteiger partial charge in [-0.2, -0.15) is 0 Å². The highest BCUT2D eigenvalue weighted by Crippen LogP contribution is 2.23. The number of carbonyl (C=O) groups excluding carboxylic acids is 1. The topological polar surface area (TPSA) is 38.7 Å². The number of nitrogens with zero attached hydrogens (tertiary/aromatic N) is 1. The molecule has 0 saturated heterocycles. The van der Waals surface area contributed by atoms with Crippen LogP contribution in [0.15, 0.2) is 23.2 Å². The van der Waals surface area contributed by atoms with E-state index in [0.717, 1.165) is 16.9 Å². The first-order chi connectivity index (χ1) is 6.79. The van der Waals surface area contributed by atoms with Gasteiger partial charge in [0.15, 0.2) is 0 Å². The predicted molar refractivity (Wildman–Crippen MR) is 54.4 cm³/mol. The van der Waals surface area contributed by atoms with Gasteiger partial charge in [-0.05, 0) is 24.5 Å². The fourth-order valence-corrected chi connectivity index (χ4v) is 1.42. The maximum absolute atomic E-state index is 9.89. The van der Waals surface area contributed by atoms with Crippen LogP contribution in [0, 0.1) is 6.92 Å². The molecule has 0 unspecified atom stereocenters. The Kier molecular flexibility index (Phi) is 3.89. The van der Waals surface area contributed by atoms with E-state index in [2.05, 4.69) is 4.99 Å². The Bertz CT molecular complexity index is 354. The van der Waals surface area contributed by atoms with E-state index in [0.29, 0.717) is 13.0 Å². The van der Waals surface area contributed by atoms with Crippen LogP contribution < -0.4 is 4.74 Å². The lowest BCUT2D eigenvalue weighted by molar-refractivity contribution is 0.406. The Balaban J connectivity index is 2.84. The van der Waals surface area contributed by atoms with Crippen molar-refractivity contribution in [3.8, 4) is 5.75 Å². The van der Waals surface area contributed by atoms with Gasteiger partial charge in [-0.1, -0.05) is 18.2 Å². The monoisotopic (exact) mass is 191 g/mol. The fourth-order valence-electron chi connectivity index (χ4n) is 1.42. The highest BCUT2D eigenvalue weighted by Gasteiger charge is 2.04. The van der Waals surface area contributed by atoms with E-state index in [9.17, 15) is 4.79 Å². The second-order valence-corrected chi connectivity index (χ2v) is 2.99. The van der Waals surface area contributed by atoms with Crippen molar-refractivity contribution >= 4 is 6.08 Å². The molecule has 0 aliphatic rings. The summed E-state index contributed by atoms with van der Waals surface area (Å²) in [4.78, 5) is 13.4. The Hall–Kier alpha value is -1.60. The lowest BCUT2D eigenvalue weighted by Crippen LogP contribution is -1.96. The van der Waals surface area contributed by atoms with Crippen molar-refractivity contribution in [1.82, 2.24) is 0 Å². The van der Waals surface area contributed by atoms with Crippen LogP contribution in [0.25, 0.3) is 0 Å². The summed E-state index contributed by atoms with van der Waals surface area (Å²) in [6.45, 7) is 2.45. The molecule has 1 rings (SSSR count). The van der Waals surface area contributed by atoms with Gasteiger partial charge in [0, 0.05) is 0 Å². The second-order valence-electron chi connectivity index (χ2n) is 2.99. The lowest BCUT2D eigenvalue weighted by atomic mass is 10.1. The van der Waals surface area contributed by atoms with Crippen LogP contribution in [-0.4, -0.2) is 19.7 Å². The summed E-state index contributed by atoms with van der Waals surface area (Å²) < 4.78 is 5.27. The average molecular weight is 191 g/mol. The van der Waals surface area contributed by atoms with Crippen molar-refractivity contribution in [3.05, 3.63) is 29.3 Å². The quantitative estimate of drug-likeness (QED) is 0.538. The summed E-state index contributed by atoms with van der Waals surface area (Å²) >= 11 is 0. The molecule has 0 aromatic heterocycles. The molecule has 0 fully saturated rings. The molecule has 0 radical (unpaired) electrons. The van der Waals surface area contributed by atoms with Gasteiger partial charge in [0.25, 0.3) is 0 Å². The molecule has 14 heavy (non-hydrogen) atoms. The molecule has 0 bridgehead atoms. The van der Waals surface area contributed by atoms with Crippen molar-refractivity contribution < 1.29 is 9.53 Å². The standard InChI is InChI=1S/C11H13NO2/c1-9-4-3-5-10(11(9)14-2)6-7-12-8-13/h3-5H,6-7H2,1-2H3. The van der Waals surface area contributed by atoms with Crippen molar-refractivity contribution in [3.63, 3.8) is 0 Å². The van der Waals surface area contributed by atoms with E-state index in [-0.39, 0.29) is 0 Å². The zero-order chi connectivity index (χ0) is 10.4. The van der Waals surface area contributed by atoms with E-state index in [1.807, 2.05) is 25.1 Å². The molecule has 1 aromatic rings. The minimum absolute atomic E-state index is 0.462. The molecular formula is C11H13NO2. The highest BCUT2D eigenvalue weighted by atomic mass is 16.5. The zero-order valence-corrected chi connectivity index (χ0v) is 8.41. The summed E-state index contributed by atoms with van der Waals surface area (Å²) in [5.41, 5.74) is 2.17. The predicted octanol–water partition coefficient (Wildman–Crippen LogP) is 1.88. The van der Waals surface area contributed by atoms with Crippen molar-refractivity contribution in [2.75, 3.05) is 13.7 Å². The van der Waals surface area contributed by atoms with Crippen LogP contribution in [0.4, 0.5) is 0 Å². The van der Waals surface area contributed by atoms with Crippen LogP contribution in [0.1, 0.15) is 11.1 Å². The summed E-state index contributed by atoms with van der Waals surface area (Å²) in [7, 11) is 1.65. The fraction of sp³-hybridized carbons (Fsp3) is 0.364. The summed E-state index contributed by atoms with van der Waals surface area (Å²) in [5.74, 6) is 0.883. The Morgan fingerprint density at radius 2 is 2.29 bits per heavy atom. The van der Waals surface area contributed by atoms with Gasteiger partial charge in [0.2, 0.25) is 6.08 Å². The Labute approximate surface area is 83.4 Å². The number of hydrogen-bond acceptors (Lipinski definition) is 3. The molecule has 3 heteroatoms. The van der Waals surface area contributed by atoms with Crippen LogP contribution >= 0.6 is 0 Å². The van der Waals surface area contributed by atoms with Gasteiger partial charge >= 0.3 is 0 Å². The number of hydrogen-bond donors (Lipinski definition) is 0. The van der Waals surface area contributed by atoms with Crippen LogP contribution in [0.2, 0.25) is 0 Å². The Morgan fingerprint density at radius 3 is 2.93 bits per heavy atom. The number of aryl methyl sites for hydroxylation is 1. The van der Waals surface area contributed by atoms with E-state index < -0.39 is 0 Å². The largest absolute Gasteiger partial charge is 0.496 e. The number of isocyanates is 1. The molecule has 0 heterocycles. The van der Waals surface area contributed by atoms with E-state index in [1.165, 1.54) is 6.08 Å². The number of rotatable bonds is 4. The number of ether oxygens (including phenoxy) is 1. The molecule has 74 valence electrons. The molecule has 0 N–H and O–H groups in total. The number of aliphatic imine (C=N–C) groups is 1. The maximum atomic E-state index is 9.89. The summed E-state index contributed by atoms with van der Waals surface area (Å²) in [5, 5.41) is 0. The van der Waals surface area contributed by atoms with Gasteiger partial charge in [-0.3, -0.25) is 0 Å². The Morgan fingerprint density at radius 1 is 1.50 bits per heavy atom. The first-order valence-corrected chi connectivity index (χ1v) is 4.45. The molecule has 0 aliphatic carbocycles. The van der Waals surface area contributed by atoms with E-state index >= 15 is 0 Å². The molecule has 0 atom stereocenters. The first-order valence-electron chi connectivity index (χ1n) is 4.45. The first kappa shape index (κ1) is 10.5. The minimum atomic E-state index is 0.462. The van der Waals surface area contributed by atoms with Gasteiger partial charge < -0.3 is 4.74 Å². The minimum Gasteiger partial charge on any atom is -0.496 e. The van der Waals surface area contributed by atoms with Crippen molar-refractivity contribution in [1.29, 1.82) is 0 Å². The summed E-state index contributed by atoms with van der Waals surface area (Å²) in [6, 6.07) is 5.94. The molecule has 0 aliphatic heterocycles. The molecule has 3 nitrogen and oxygen atoms in total. The smallest absolute Gasteiger partial charge is 0.234 e. The average Bonchev–Trinajstić information content (AvgIpc) is 2.18. The molecule has 1 aromatic carbocycles. The van der Waals surface area contributed by atoms with Crippen molar-refractivity contribution in [2.45, 2.75) is 13.3 Å². The lowest BCUT2D eigenvalue weighted by Gasteiger charge is -2.09. The maximum Gasteiger partial charge on any atom is 0.234 e. The third kappa shape index (κ3) is 2.44. The molecule has 0 saturated carbocycles. The highest BCUT2D eigenvalue weighted by molar-refractivity contribution is 5.41. The van der Waals surface area contributed by atoms with Gasteiger partial charge in [-0.15, -0.1) is 0 Å². The second kappa shape index (κ2) is 5.20. The van der Waals surface area contributed by atoms with Crippen molar-refractivity contribution in [2.24, 2.45) is 4.99 Å². The van der Waals surface area contributed by atoms with Gasteiger partial charge in [0.05, 0.1) is 13.7 Å².